The van der Waals surface area contributed by atoms with Gasteiger partial charge in [0.15, 0.2) is 0 Å². The van der Waals surface area contributed by atoms with Gasteiger partial charge in [0.1, 0.15) is 0 Å². The number of ether oxygens (including phenoxy) is 1. The zero-order chi connectivity index (χ0) is 11.1. The lowest BCUT2D eigenvalue weighted by Crippen LogP contribution is -2.51. The monoisotopic (exact) mass is 232 g/mol. The molecule has 0 aromatic carbocycles. The first kappa shape index (κ1) is 12.8. The molecule has 0 aromatic rings. The minimum atomic E-state index is 0.000515. The van der Waals surface area contributed by atoms with Crippen LogP contribution < -0.4 is 5.32 Å². The Kier molecular flexibility index (Phi) is 6.05. The number of hydrogen-bond donors (Lipinski definition) is 1. The van der Waals surface area contributed by atoms with Crippen LogP contribution in [0.25, 0.3) is 0 Å². The van der Waals surface area contributed by atoms with Gasteiger partial charge in [0, 0.05) is 38.2 Å². The number of carbonyl (C=O) groups excluding carboxylic acids is 1. The maximum Gasteiger partial charge on any atom is 0.240 e. The van der Waals surface area contributed by atoms with Crippen molar-refractivity contribution in [3.05, 3.63) is 0 Å². The van der Waals surface area contributed by atoms with Crippen molar-refractivity contribution in [1.29, 1.82) is 0 Å². The van der Waals surface area contributed by atoms with Crippen LogP contribution in [0.15, 0.2) is 0 Å². The summed E-state index contributed by atoms with van der Waals surface area (Å²) in [4.78, 5) is 13.9. The predicted octanol–water partition coefficient (Wildman–Crippen LogP) is 0.186. The fourth-order valence-electron chi connectivity index (χ4n) is 1.57. The van der Waals surface area contributed by atoms with Gasteiger partial charge >= 0.3 is 0 Å². The zero-order valence-corrected chi connectivity index (χ0v) is 10.3. The van der Waals surface area contributed by atoms with Crippen LogP contribution in [0.3, 0.4) is 0 Å². The first-order chi connectivity index (χ1) is 7.29. The number of rotatable bonds is 5. The molecule has 1 unspecified atom stereocenters. The van der Waals surface area contributed by atoms with E-state index >= 15 is 0 Å². The Morgan fingerprint density at radius 2 is 2.47 bits per heavy atom. The Morgan fingerprint density at radius 1 is 1.67 bits per heavy atom. The second kappa shape index (κ2) is 7.09. The average molecular weight is 232 g/mol. The molecule has 1 aliphatic rings. The third kappa shape index (κ3) is 4.01. The second-order valence-corrected chi connectivity index (χ2v) is 4.64. The minimum Gasteiger partial charge on any atom is -0.383 e. The number of nitrogens with zero attached hydrogens (tertiary/aromatic N) is 1. The van der Waals surface area contributed by atoms with E-state index in [-0.39, 0.29) is 11.9 Å². The van der Waals surface area contributed by atoms with Gasteiger partial charge in [-0.25, -0.2) is 0 Å². The Morgan fingerprint density at radius 3 is 3.00 bits per heavy atom. The van der Waals surface area contributed by atoms with Crippen molar-refractivity contribution in [3.63, 3.8) is 0 Å². The number of methoxy groups -OCH3 is 1. The van der Waals surface area contributed by atoms with Crippen LogP contribution in [0, 0.1) is 0 Å². The molecule has 4 nitrogen and oxygen atoms in total. The molecule has 1 aliphatic heterocycles. The number of likely N-dealkylation sites (N-methyl/N-ethyl adjacent to an activating group) is 1. The maximum absolute atomic E-state index is 12.0. The van der Waals surface area contributed by atoms with Crippen LogP contribution >= 0.6 is 11.8 Å². The number of thioether (sulfide) groups is 1. The Bertz CT molecular complexity index is 196. The first-order valence-electron chi connectivity index (χ1n) is 5.38. The van der Waals surface area contributed by atoms with E-state index < -0.39 is 0 Å². The molecule has 0 aromatic heterocycles. The molecule has 1 saturated heterocycles. The van der Waals surface area contributed by atoms with E-state index in [4.69, 9.17) is 4.74 Å². The molecule has 0 radical (unpaired) electrons. The highest BCUT2D eigenvalue weighted by Crippen LogP contribution is 2.09. The van der Waals surface area contributed by atoms with Gasteiger partial charge in [-0.15, -0.1) is 0 Å². The normalized spacial score (nSPS) is 21.3. The van der Waals surface area contributed by atoms with E-state index in [1.165, 1.54) is 0 Å². The lowest BCUT2D eigenvalue weighted by atomic mass is 10.2. The Balaban J connectivity index is 2.40. The van der Waals surface area contributed by atoms with E-state index in [0.29, 0.717) is 13.2 Å². The van der Waals surface area contributed by atoms with Gasteiger partial charge in [0.2, 0.25) is 5.91 Å². The third-order valence-corrected chi connectivity index (χ3v) is 3.54. The van der Waals surface area contributed by atoms with Crippen LogP contribution in [-0.4, -0.2) is 61.7 Å². The van der Waals surface area contributed by atoms with Gasteiger partial charge in [-0.1, -0.05) is 0 Å². The molecule has 1 heterocycles. The van der Waals surface area contributed by atoms with E-state index in [9.17, 15) is 4.79 Å². The molecule has 1 N–H and O–H groups in total. The quantitative estimate of drug-likeness (QED) is 0.734. The summed E-state index contributed by atoms with van der Waals surface area (Å²) in [5.41, 5.74) is 0. The van der Waals surface area contributed by atoms with Gasteiger partial charge in [-0.05, 0) is 6.92 Å². The molecule has 0 saturated carbocycles. The van der Waals surface area contributed by atoms with E-state index in [1.54, 1.807) is 7.11 Å². The van der Waals surface area contributed by atoms with Crippen LogP contribution in [0.1, 0.15) is 6.92 Å². The van der Waals surface area contributed by atoms with Gasteiger partial charge in [0.25, 0.3) is 0 Å². The summed E-state index contributed by atoms with van der Waals surface area (Å²) in [7, 11) is 1.66. The molecular weight excluding hydrogens is 212 g/mol. The lowest BCUT2D eigenvalue weighted by molar-refractivity contribution is -0.133. The number of hydrogen-bond acceptors (Lipinski definition) is 4. The van der Waals surface area contributed by atoms with Gasteiger partial charge < -0.3 is 15.0 Å². The molecule has 0 bridgehead atoms. The molecule has 88 valence electrons. The fourth-order valence-corrected chi connectivity index (χ4v) is 2.50. The highest BCUT2D eigenvalue weighted by atomic mass is 32.2. The molecule has 5 heteroatoms. The van der Waals surface area contributed by atoms with Gasteiger partial charge in [-0.2, -0.15) is 11.8 Å². The fraction of sp³-hybridized carbons (Fsp3) is 0.900. The molecule has 1 fully saturated rings. The van der Waals surface area contributed by atoms with Crippen LogP contribution in [0.4, 0.5) is 0 Å². The summed E-state index contributed by atoms with van der Waals surface area (Å²) < 4.78 is 4.99. The van der Waals surface area contributed by atoms with Crippen LogP contribution in [0.5, 0.6) is 0 Å². The molecule has 1 atom stereocenters. The summed E-state index contributed by atoms with van der Waals surface area (Å²) in [6, 6.07) is 0.000515. The molecule has 1 amide bonds. The predicted molar refractivity (Wildman–Crippen MR) is 63.2 cm³/mol. The van der Waals surface area contributed by atoms with E-state index in [0.717, 1.165) is 24.6 Å². The van der Waals surface area contributed by atoms with Crippen molar-refractivity contribution in [2.24, 2.45) is 0 Å². The van der Waals surface area contributed by atoms with Crippen molar-refractivity contribution >= 4 is 17.7 Å². The number of amides is 1. The molecule has 15 heavy (non-hydrogen) atoms. The van der Waals surface area contributed by atoms with E-state index in [1.807, 2.05) is 23.6 Å². The second-order valence-electron chi connectivity index (χ2n) is 3.49. The highest BCUT2D eigenvalue weighted by Gasteiger charge is 2.24. The van der Waals surface area contributed by atoms with Crippen molar-refractivity contribution in [2.45, 2.75) is 13.0 Å². The summed E-state index contributed by atoms with van der Waals surface area (Å²) in [5, 5.41) is 3.26. The topological polar surface area (TPSA) is 41.6 Å². The summed E-state index contributed by atoms with van der Waals surface area (Å²) in [5.74, 6) is 2.21. The first-order valence-corrected chi connectivity index (χ1v) is 6.54. The molecular formula is C10H20N2O2S. The van der Waals surface area contributed by atoms with Gasteiger partial charge in [0.05, 0.1) is 12.6 Å². The smallest absolute Gasteiger partial charge is 0.240 e. The van der Waals surface area contributed by atoms with Crippen molar-refractivity contribution in [2.75, 3.05) is 44.9 Å². The van der Waals surface area contributed by atoms with Crippen LogP contribution in [0.2, 0.25) is 0 Å². The summed E-state index contributed by atoms with van der Waals surface area (Å²) in [6.45, 7) is 4.99. The Hall–Kier alpha value is -0.260. The Labute approximate surface area is 95.7 Å². The minimum absolute atomic E-state index is 0.000515. The SMILES string of the molecule is CCN(CCOC)C(=O)C1CSCCN1. The molecule has 1 rings (SSSR count). The highest BCUT2D eigenvalue weighted by molar-refractivity contribution is 7.99. The maximum atomic E-state index is 12.0. The number of carbonyl (C=O) groups is 1. The third-order valence-electron chi connectivity index (χ3n) is 2.48. The summed E-state index contributed by atoms with van der Waals surface area (Å²) in [6.07, 6.45) is 0. The number of nitrogens with one attached hydrogen (secondary N) is 1. The van der Waals surface area contributed by atoms with Crippen molar-refractivity contribution in [1.82, 2.24) is 10.2 Å². The van der Waals surface area contributed by atoms with Crippen molar-refractivity contribution < 1.29 is 9.53 Å². The largest absolute Gasteiger partial charge is 0.383 e. The lowest BCUT2D eigenvalue weighted by Gasteiger charge is -2.28. The summed E-state index contributed by atoms with van der Waals surface area (Å²) >= 11 is 1.84. The standard InChI is InChI=1S/C10H20N2O2S/c1-3-12(5-6-14-2)10(13)9-8-15-7-4-11-9/h9,11H,3-8H2,1-2H3. The van der Waals surface area contributed by atoms with Crippen molar-refractivity contribution in [3.8, 4) is 0 Å². The molecule has 0 aliphatic carbocycles. The average Bonchev–Trinajstić information content (AvgIpc) is 2.31. The molecule has 0 spiro atoms. The van der Waals surface area contributed by atoms with Gasteiger partial charge in [-0.3, -0.25) is 4.79 Å². The zero-order valence-electron chi connectivity index (χ0n) is 9.49. The van der Waals surface area contributed by atoms with Crippen LogP contribution in [-0.2, 0) is 9.53 Å². The van der Waals surface area contributed by atoms with E-state index in [2.05, 4.69) is 5.32 Å².